The second-order valence-electron chi connectivity index (χ2n) is 8.08. The molecule has 1 saturated heterocycles. The molecule has 1 amide bonds. The van der Waals surface area contributed by atoms with Crippen molar-refractivity contribution in [1.29, 1.82) is 5.26 Å². The predicted octanol–water partition coefficient (Wildman–Crippen LogP) is 3.43. The van der Waals surface area contributed by atoms with Gasteiger partial charge in [-0.15, -0.1) is 0 Å². The summed E-state index contributed by atoms with van der Waals surface area (Å²) in [4.78, 5) is 35.4. The molecule has 1 aromatic heterocycles. The van der Waals surface area contributed by atoms with E-state index in [1.165, 1.54) is 0 Å². The highest BCUT2D eigenvalue weighted by Gasteiger charge is 2.38. The van der Waals surface area contributed by atoms with Crippen LogP contribution in [0.3, 0.4) is 0 Å². The van der Waals surface area contributed by atoms with Gasteiger partial charge in [-0.3, -0.25) is 14.6 Å². The number of anilines is 2. The fourth-order valence-corrected chi connectivity index (χ4v) is 4.49. The molecule has 0 aliphatic carbocycles. The number of nitrogens with zero attached hydrogens (tertiary/aromatic N) is 3. The largest absolute Gasteiger partial charge is 0.337 e. The van der Waals surface area contributed by atoms with Gasteiger partial charge in [0.15, 0.2) is 0 Å². The molecule has 1 fully saturated rings. The van der Waals surface area contributed by atoms with E-state index in [2.05, 4.69) is 34.0 Å². The summed E-state index contributed by atoms with van der Waals surface area (Å²) in [7, 11) is 0. The number of allylic oxidation sites excluding steroid dienone is 1. The zero-order valence-corrected chi connectivity index (χ0v) is 17.1. The number of hydrogen-bond acceptors (Lipinski definition) is 5. The van der Waals surface area contributed by atoms with Crippen LogP contribution in [0, 0.1) is 17.2 Å². The van der Waals surface area contributed by atoms with Crippen LogP contribution < -0.4 is 15.8 Å². The third-order valence-electron chi connectivity index (χ3n) is 6.03. The van der Waals surface area contributed by atoms with Gasteiger partial charge in [0.25, 0.3) is 5.56 Å². The number of piperidine rings is 1. The van der Waals surface area contributed by atoms with Crippen molar-refractivity contribution >= 4 is 23.7 Å². The molecule has 3 heterocycles. The predicted molar refractivity (Wildman–Crippen MR) is 116 cm³/mol. The molecule has 4 atom stereocenters. The highest BCUT2D eigenvalue weighted by molar-refractivity contribution is 5.97. The molecule has 0 saturated carbocycles. The number of hydrogen-bond donors (Lipinski definition) is 2. The molecule has 7 nitrogen and oxygen atoms in total. The third-order valence-corrected chi connectivity index (χ3v) is 6.03. The molecule has 4 unspecified atom stereocenters. The van der Waals surface area contributed by atoms with Crippen LogP contribution in [0.15, 0.2) is 41.2 Å². The normalized spacial score (nSPS) is 26.2. The number of fused-ring (bicyclic) bond motifs is 1. The molecule has 1 aromatic carbocycles. The SMILES string of the molecule is CC1CCCC(C)N1c1nc2c(c(=O)[nH]1)C(/C=C/c1ccccc1)C(C#N)C(=O)N2. The molecule has 154 valence electrons. The van der Waals surface area contributed by atoms with Gasteiger partial charge in [-0.2, -0.15) is 10.2 Å². The number of carbonyl (C=O) groups is 1. The Bertz CT molecular complexity index is 1060. The van der Waals surface area contributed by atoms with Crippen LogP contribution in [0.2, 0.25) is 0 Å². The minimum Gasteiger partial charge on any atom is -0.337 e. The van der Waals surface area contributed by atoms with Crippen molar-refractivity contribution in [3.05, 3.63) is 57.9 Å². The maximum atomic E-state index is 13.1. The summed E-state index contributed by atoms with van der Waals surface area (Å²) >= 11 is 0. The Kier molecular flexibility index (Phi) is 5.40. The van der Waals surface area contributed by atoms with Crippen LogP contribution in [0.5, 0.6) is 0 Å². The van der Waals surface area contributed by atoms with Crippen LogP contribution >= 0.6 is 0 Å². The average molecular weight is 403 g/mol. The number of amides is 1. The van der Waals surface area contributed by atoms with Crippen molar-refractivity contribution < 1.29 is 4.79 Å². The van der Waals surface area contributed by atoms with Crippen molar-refractivity contribution in [3.63, 3.8) is 0 Å². The standard InChI is InChI=1S/C23H25N5O2/c1-14-7-6-8-15(2)28(14)23-26-20-19(22(30)27-23)17(18(13-24)21(29)25-20)12-11-16-9-4-3-5-10-16/h3-5,9-12,14-15,17-18H,6-8H2,1-2H3,(H2,25,26,27,29,30)/b12-11+. The summed E-state index contributed by atoms with van der Waals surface area (Å²) in [6.07, 6.45) is 6.77. The van der Waals surface area contributed by atoms with Gasteiger partial charge in [0.05, 0.1) is 11.6 Å². The molecule has 2 aliphatic rings. The smallest absolute Gasteiger partial charge is 0.258 e. The quantitative estimate of drug-likeness (QED) is 0.817. The number of nitrogens with one attached hydrogen (secondary N) is 2. The van der Waals surface area contributed by atoms with Crippen LogP contribution in [0.4, 0.5) is 11.8 Å². The zero-order valence-electron chi connectivity index (χ0n) is 17.1. The monoisotopic (exact) mass is 403 g/mol. The molecule has 0 radical (unpaired) electrons. The molecular formula is C23H25N5O2. The van der Waals surface area contributed by atoms with E-state index in [0.29, 0.717) is 11.5 Å². The van der Waals surface area contributed by atoms with E-state index >= 15 is 0 Å². The van der Waals surface area contributed by atoms with Gasteiger partial charge in [-0.05, 0) is 38.7 Å². The summed E-state index contributed by atoms with van der Waals surface area (Å²) < 4.78 is 0. The van der Waals surface area contributed by atoms with Crippen molar-refractivity contribution in [2.45, 2.75) is 51.1 Å². The van der Waals surface area contributed by atoms with E-state index < -0.39 is 17.7 Å². The van der Waals surface area contributed by atoms with Gasteiger partial charge in [0, 0.05) is 18.0 Å². The molecule has 2 aromatic rings. The Morgan fingerprint density at radius 1 is 1.17 bits per heavy atom. The lowest BCUT2D eigenvalue weighted by molar-refractivity contribution is -0.119. The van der Waals surface area contributed by atoms with E-state index in [-0.39, 0.29) is 23.5 Å². The van der Waals surface area contributed by atoms with Crippen LogP contribution in [-0.2, 0) is 4.79 Å². The van der Waals surface area contributed by atoms with Crippen LogP contribution in [-0.4, -0.2) is 28.0 Å². The minimum absolute atomic E-state index is 0.245. The topological polar surface area (TPSA) is 102 Å². The Labute approximate surface area is 175 Å². The van der Waals surface area contributed by atoms with Crippen molar-refractivity contribution in [2.75, 3.05) is 10.2 Å². The number of benzene rings is 1. The first-order valence-corrected chi connectivity index (χ1v) is 10.4. The van der Waals surface area contributed by atoms with E-state index in [1.54, 1.807) is 6.08 Å². The fourth-order valence-electron chi connectivity index (χ4n) is 4.49. The molecule has 0 bridgehead atoms. The Balaban J connectivity index is 1.77. The van der Waals surface area contributed by atoms with Gasteiger partial charge in [-0.1, -0.05) is 42.5 Å². The first-order chi connectivity index (χ1) is 14.5. The van der Waals surface area contributed by atoms with E-state index in [0.717, 1.165) is 24.8 Å². The lowest BCUT2D eigenvalue weighted by Crippen LogP contribution is -2.46. The first-order valence-electron chi connectivity index (χ1n) is 10.4. The second kappa shape index (κ2) is 8.15. The van der Waals surface area contributed by atoms with E-state index in [9.17, 15) is 14.9 Å². The van der Waals surface area contributed by atoms with Gasteiger partial charge in [0.1, 0.15) is 11.7 Å². The number of H-pyrrole nitrogens is 1. The Hall–Kier alpha value is -3.40. The number of nitriles is 1. The first kappa shape index (κ1) is 19.9. The number of aromatic amines is 1. The molecule has 30 heavy (non-hydrogen) atoms. The molecule has 7 heteroatoms. The second-order valence-corrected chi connectivity index (χ2v) is 8.08. The van der Waals surface area contributed by atoms with Gasteiger partial charge in [0.2, 0.25) is 11.9 Å². The zero-order chi connectivity index (χ0) is 21.3. The summed E-state index contributed by atoms with van der Waals surface area (Å²) in [5.41, 5.74) is 0.941. The van der Waals surface area contributed by atoms with E-state index in [4.69, 9.17) is 0 Å². The summed E-state index contributed by atoms with van der Waals surface area (Å²) in [5, 5.41) is 12.3. The van der Waals surface area contributed by atoms with Gasteiger partial charge >= 0.3 is 0 Å². The molecule has 4 rings (SSSR count). The Morgan fingerprint density at radius 2 is 1.87 bits per heavy atom. The van der Waals surface area contributed by atoms with Crippen LogP contribution in [0.25, 0.3) is 6.08 Å². The average Bonchev–Trinajstić information content (AvgIpc) is 2.72. The highest BCUT2D eigenvalue weighted by atomic mass is 16.2. The van der Waals surface area contributed by atoms with Gasteiger partial charge < -0.3 is 10.2 Å². The van der Waals surface area contributed by atoms with Crippen molar-refractivity contribution in [1.82, 2.24) is 9.97 Å². The van der Waals surface area contributed by atoms with E-state index in [1.807, 2.05) is 42.5 Å². The van der Waals surface area contributed by atoms with Crippen LogP contribution in [0.1, 0.15) is 50.2 Å². The molecule has 2 N–H and O–H groups in total. The molecule has 0 spiro atoms. The maximum Gasteiger partial charge on any atom is 0.258 e. The van der Waals surface area contributed by atoms with Gasteiger partial charge in [-0.25, -0.2) is 0 Å². The fraction of sp³-hybridized carbons (Fsp3) is 0.391. The number of aromatic nitrogens is 2. The maximum absolute atomic E-state index is 13.1. The summed E-state index contributed by atoms with van der Waals surface area (Å²) in [6.45, 7) is 4.23. The molecule has 2 aliphatic heterocycles. The number of rotatable bonds is 3. The lowest BCUT2D eigenvalue weighted by atomic mass is 9.83. The third kappa shape index (κ3) is 3.61. The highest BCUT2D eigenvalue weighted by Crippen LogP contribution is 2.35. The Morgan fingerprint density at radius 3 is 2.53 bits per heavy atom. The number of carbonyl (C=O) groups excluding carboxylic acids is 1. The van der Waals surface area contributed by atoms with Crippen molar-refractivity contribution in [2.24, 2.45) is 5.92 Å². The summed E-state index contributed by atoms with van der Waals surface area (Å²) in [6, 6.07) is 12.1. The summed E-state index contributed by atoms with van der Waals surface area (Å²) in [5.74, 6) is -1.37. The lowest BCUT2D eigenvalue weighted by Gasteiger charge is -2.39. The molecular weight excluding hydrogens is 378 g/mol. The minimum atomic E-state index is -0.987. The van der Waals surface area contributed by atoms with Crippen molar-refractivity contribution in [3.8, 4) is 6.07 Å².